The maximum atomic E-state index is 10.9. The summed E-state index contributed by atoms with van der Waals surface area (Å²) in [7, 11) is 0. The van der Waals surface area contributed by atoms with E-state index in [0.29, 0.717) is 12.0 Å². The number of carbonyl (C=O) groups excluding carboxylic acids is 1. The van der Waals surface area contributed by atoms with Crippen molar-refractivity contribution in [1.82, 2.24) is 9.55 Å². The molecule has 3 rings (SSSR count). The highest BCUT2D eigenvalue weighted by Crippen LogP contribution is 2.41. The third kappa shape index (κ3) is 1.66. The Balaban J connectivity index is 2.27. The van der Waals surface area contributed by atoms with Crippen molar-refractivity contribution >= 4 is 17.3 Å². The minimum Gasteiger partial charge on any atom is -0.325 e. The first-order valence-corrected chi connectivity index (χ1v) is 6.17. The van der Waals surface area contributed by atoms with Crippen molar-refractivity contribution in [2.75, 3.05) is 0 Å². The topological polar surface area (TPSA) is 34.9 Å². The highest BCUT2D eigenvalue weighted by atomic mass is 16.1. The zero-order valence-electron chi connectivity index (χ0n) is 10.2. The molecule has 1 aromatic carbocycles. The van der Waals surface area contributed by atoms with Crippen molar-refractivity contribution in [3.05, 3.63) is 29.6 Å². The van der Waals surface area contributed by atoms with E-state index in [1.807, 2.05) is 18.2 Å². The van der Waals surface area contributed by atoms with E-state index in [1.54, 1.807) is 0 Å². The Hall–Kier alpha value is -1.64. The summed E-state index contributed by atoms with van der Waals surface area (Å²) in [6.07, 6.45) is 3.39. The molecule has 0 atom stereocenters. The predicted molar refractivity (Wildman–Crippen MR) is 67.5 cm³/mol. The number of rotatable bonds is 3. The van der Waals surface area contributed by atoms with Crippen molar-refractivity contribution in [2.24, 2.45) is 0 Å². The molecule has 2 aromatic rings. The first-order valence-electron chi connectivity index (χ1n) is 6.17. The molecule has 1 heterocycles. The molecule has 17 heavy (non-hydrogen) atoms. The molecule has 0 saturated heterocycles. The Morgan fingerprint density at radius 3 is 2.76 bits per heavy atom. The van der Waals surface area contributed by atoms with Gasteiger partial charge in [-0.2, -0.15) is 0 Å². The Morgan fingerprint density at radius 2 is 2.18 bits per heavy atom. The van der Waals surface area contributed by atoms with Gasteiger partial charge in [-0.1, -0.05) is 0 Å². The van der Waals surface area contributed by atoms with Crippen LogP contribution in [0, 0.1) is 0 Å². The van der Waals surface area contributed by atoms with Gasteiger partial charge in [-0.25, -0.2) is 4.98 Å². The van der Waals surface area contributed by atoms with Crippen LogP contribution >= 0.6 is 0 Å². The number of hydrogen-bond donors (Lipinski definition) is 0. The lowest BCUT2D eigenvalue weighted by molar-refractivity contribution is 0.112. The van der Waals surface area contributed by atoms with Gasteiger partial charge in [0.1, 0.15) is 12.1 Å². The molecule has 0 radical (unpaired) electrons. The quantitative estimate of drug-likeness (QED) is 0.755. The fourth-order valence-electron chi connectivity index (χ4n) is 2.37. The molecule has 0 amide bonds. The zero-order chi connectivity index (χ0) is 12.0. The molecule has 0 N–H and O–H groups in total. The van der Waals surface area contributed by atoms with Crippen molar-refractivity contribution in [1.29, 1.82) is 0 Å². The third-order valence-electron chi connectivity index (χ3n) is 3.34. The van der Waals surface area contributed by atoms with E-state index in [-0.39, 0.29) is 0 Å². The normalized spacial score (nSPS) is 15.7. The van der Waals surface area contributed by atoms with Gasteiger partial charge in [0, 0.05) is 17.5 Å². The average molecular weight is 228 g/mol. The molecule has 1 aromatic heterocycles. The molecule has 0 spiro atoms. The lowest BCUT2D eigenvalue weighted by atomic mass is 10.2. The van der Waals surface area contributed by atoms with Gasteiger partial charge in [0.15, 0.2) is 0 Å². The summed E-state index contributed by atoms with van der Waals surface area (Å²) in [6, 6.07) is 6.12. The fourth-order valence-corrected chi connectivity index (χ4v) is 2.37. The molecule has 1 aliphatic carbocycles. The van der Waals surface area contributed by atoms with E-state index in [2.05, 4.69) is 18.4 Å². The van der Waals surface area contributed by atoms with Crippen LogP contribution in [0.3, 0.4) is 0 Å². The summed E-state index contributed by atoms with van der Waals surface area (Å²) in [6.45, 7) is 4.33. The van der Waals surface area contributed by atoms with E-state index in [0.717, 1.165) is 22.9 Å². The Morgan fingerprint density at radius 1 is 1.41 bits per heavy atom. The smallest absolute Gasteiger partial charge is 0.150 e. The second kappa shape index (κ2) is 3.69. The second-order valence-corrected chi connectivity index (χ2v) is 5.07. The number of benzene rings is 1. The Kier molecular flexibility index (Phi) is 2.28. The number of aldehydes is 1. The van der Waals surface area contributed by atoms with Gasteiger partial charge >= 0.3 is 0 Å². The van der Waals surface area contributed by atoms with Gasteiger partial charge in [-0.3, -0.25) is 4.79 Å². The van der Waals surface area contributed by atoms with E-state index in [9.17, 15) is 4.79 Å². The zero-order valence-corrected chi connectivity index (χ0v) is 10.2. The maximum absolute atomic E-state index is 10.9. The van der Waals surface area contributed by atoms with Crippen LogP contribution in [0.25, 0.3) is 11.0 Å². The van der Waals surface area contributed by atoms with Gasteiger partial charge in [0.05, 0.1) is 11.0 Å². The van der Waals surface area contributed by atoms with E-state index >= 15 is 0 Å². The minimum atomic E-state index is 0.387. The van der Waals surface area contributed by atoms with E-state index < -0.39 is 0 Å². The molecule has 1 aliphatic rings. The lowest BCUT2D eigenvalue weighted by Crippen LogP contribution is -2.05. The summed E-state index contributed by atoms with van der Waals surface area (Å²) in [5.74, 6) is 1.82. The van der Waals surface area contributed by atoms with Crippen LogP contribution in [-0.2, 0) is 0 Å². The first kappa shape index (κ1) is 10.5. The average Bonchev–Trinajstić information content (AvgIpc) is 3.08. The van der Waals surface area contributed by atoms with Crippen LogP contribution in [-0.4, -0.2) is 15.8 Å². The monoisotopic (exact) mass is 228 g/mol. The lowest BCUT2D eigenvalue weighted by Gasteiger charge is -2.12. The Bertz CT molecular complexity index is 579. The summed E-state index contributed by atoms with van der Waals surface area (Å²) in [5, 5.41) is 0. The fraction of sp³-hybridized carbons (Fsp3) is 0.429. The molecule has 0 aliphatic heterocycles. The molecular formula is C14H16N2O. The van der Waals surface area contributed by atoms with E-state index in [1.165, 1.54) is 18.7 Å². The van der Waals surface area contributed by atoms with Gasteiger partial charge in [-0.05, 0) is 44.9 Å². The SMILES string of the molecule is CC(C)n1c(C2CC2)nc2ccc(C=O)cc21. The van der Waals surface area contributed by atoms with Crippen LogP contribution in [0.1, 0.15) is 54.8 Å². The van der Waals surface area contributed by atoms with Crippen molar-refractivity contribution in [3.63, 3.8) is 0 Å². The summed E-state index contributed by atoms with van der Waals surface area (Å²) in [5.41, 5.74) is 2.82. The largest absolute Gasteiger partial charge is 0.325 e. The highest BCUT2D eigenvalue weighted by molar-refractivity contribution is 5.85. The number of aromatic nitrogens is 2. The molecule has 0 bridgehead atoms. The van der Waals surface area contributed by atoms with Crippen LogP contribution in [0.2, 0.25) is 0 Å². The van der Waals surface area contributed by atoms with Gasteiger partial charge < -0.3 is 4.57 Å². The highest BCUT2D eigenvalue weighted by Gasteiger charge is 2.30. The van der Waals surface area contributed by atoms with Crippen molar-refractivity contribution in [2.45, 2.75) is 38.6 Å². The molecule has 3 nitrogen and oxygen atoms in total. The summed E-state index contributed by atoms with van der Waals surface area (Å²) >= 11 is 0. The van der Waals surface area contributed by atoms with Gasteiger partial charge in [-0.15, -0.1) is 0 Å². The summed E-state index contributed by atoms with van der Waals surface area (Å²) in [4.78, 5) is 15.6. The minimum absolute atomic E-state index is 0.387. The molecule has 0 unspecified atom stereocenters. The number of imidazole rings is 1. The van der Waals surface area contributed by atoms with Crippen molar-refractivity contribution in [3.8, 4) is 0 Å². The van der Waals surface area contributed by atoms with Crippen LogP contribution in [0.4, 0.5) is 0 Å². The van der Waals surface area contributed by atoms with Crippen molar-refractivity contribution < 1.29 is 4.79 Å². The molecule has 1 fully saturated rings. The molecule has 1 saturated carbocycles. The van der Waals surface area contributed by atoms with Gasteiger partial charge in [0.25, 0.3) is 0 Å². The molecule has 3 heteroatoms. The predicted octanol–water partition coefficient (Wildman–Crippen LogP) is 3.31. The Labute approximate surface area is 100 Å². The third-order valence-corrected chi connectivity index (χ3v) is 3.34. The molecular weight excluding hydrogens is 212 g/mol. The maximum Gasteiger partial charge on any atom is 0.150 e. The van der Waals surface area contributed by atoms with Crippen LogP contribution in [0.15, 0.2) is 18.2 Å². The second-order valence-electron chi connectivity index (χ2n) is 5.07. The number of carbonyl (C=O) groups is 1. The first-order chi connectivity index (χ1) is 8.20. The molecule has 88 valence electrons. The van der Waals surface area contributed by atoms with Crippen LogP contribution in [0.5, 0.6) is 0 Å². The van der Waals surface area contributed by atoms with Gasteiger partial charge in [0.2, 0.25) is 0 Å². The van der Waals surface area contributed by atoms with E-state index in [4.69, 9.17) is 4.98 Å². The summed E-state index contributed by atoms with van der Waals surface area (Å²) < 4.78 is 2.28. The standard InChI is InChI=1S/C14H16N2O/c1-9(2)16-13-7-10(8-17)3-6-12(13)15-14(16)11-4-5-11/h3,6-9,11H,4-5H2,1-2H3. The number of fused-ring (bicyclic) bond motifs is 1. The number of hydrogen-bond acceptors (Lipinski definition) is 2. The van der Waals surface area contributed by atoms with Crippen LogP contribution < -0.4 is 0 Å². The number of nitrogens with zero attached hydrogens (tertiary/aromatic N) is 2.